The molecule has 2 rings (SSSR count). The van der Waals surface area contributed by atoms with Crippen LogP contribution in [0.4, 0.5) is 5.69 Å². The number of carbonyl (C=O) groups is 1. The molecule has 0 aromatic heterocycles. The molecule has 1 heterocycles. The van der Waals surface area contributed by atoms with E-state index in [2.05, 4.69) is 17.6 Å². The van der Waals surface area contributed by atoms with Crippen LogP contribution < -0.4 is 15.4 Å². The number of piperidine rings is 1. The molecule has 1 fully saturated rings. The molecular formula is C17H26N2O2. The Hall–Kier alpha value is -1.55. The van der Waals surface area contributed by atoms with Crippen LogP contribution in [-0.4, -0.2) is 25.6 Å². The lowest BCUT2D eigenvalue weighted by Gasteiger charge is -2.28. The molecule has 1 saturated heterocycles. The Morgan fingerprint density at radius 2 is 2.29 bits per heavy atom. The number of anilines is 1. The average Bonchev–Trinajstić information content (AvgIpc) is 2.50. The third-order valence-electron chi connectivity index (χ3n) is 4.11. The Kier molecular flexibility index (Phi) is 6.05. The zero-order valence-electron chi connectivity index (χ0n) is 13.0. The van der Waals surface area contributed by atoms with Gasteiger partial charge in [0, 0.05) is 6.42 Å². The molecule has 1 aromatic carbocycles. The largest absolute Gasteiger partial charge is 0.492 e. The van der Waals surface area contributed by atoms with E-state index in [0.29, 0.717) is 24.9 Å². The molecule has 21 heavy (non-hydrogen) atoms. The number of para-hydroxylation sites is 2. The molecule has 1 aliphatic rings. The lowest BCUT2D eigenvalue weighted by atomic mass is 9.85. The number of rotatable bonds is 6. The second kappa shape index (κ2) is 8.03. The molecule has 0 bridgehead atoms. The summed E-state index contributed by atoms with van der Waals surface area (Å²) in [5, 5.41) is 6.39. The van der Waals surface area contributed by atoms with Crippen molar-refractivity contribution in [1.82, 2.24) is 5.32 Å². The molecule has 0 radical (unpaired) electrons. The predicted molar refractivity (Wildman–Crippen MR) is 85.6 cm³/mol. The summed E-state index contributed by atoms with van der Waals surface area (Å²) < 4.78 is 5.53. The van der Waals surface area contributed by atoms with Crippen LogP contribution in [0.1, 0.15) is 33.1 Å². The van der Waals surface area contributed by atoms with Crippen LogP contribution in [0, 0.1) is 11.8 Å². The molecule has 2 N–H and O–H groups in total. The Morgan fingerprint density at radius 3 is 3.00 bits per heavy atom. The highest BCUT2D eigenvalue weighted by Gasteiger charge is 2.22. The van der Waals surface area contributed by atoms with Gasteiger partial charge in [-0.3, -0.25) is 4.79 Å². The van der Waals surface area contributed by atoms with Gasteiger partial charge >= 0.3 is 0 Å². The van der Waals surface area contributed by atoms with E-state index in [4.69, 9.17) is 4.74 Å². The zero-order chi connectivity index (χ0) is 15.1. The normalized spacial score (nSPS) is 19.8. The van der Waals surface area contributed by atoms with Crippen molar-refractivity contribution >= 4 is 11.6 Å². The van der Waals surface area contributed by atoms with E-state index in [1.807, 2.05) is 31.2 Å². The van der Waals surface area contributed by atoms with E-state index >= 15 is 0 Å². The first-order chi connectivity index (χ1) is 10.2. The Labute approximate surface area is 127 Å². The van der Waals surface area contributed by atoms with E-state index in [1.165, 1.54) is 12.8 Å². The van der Waals surface area contributed by atoms with Gasteiger partial charge in [0.15, 0.2) is 0 Å². The van der Waals surface area contributed by atoms with Gasteiger partial charge in [-0.2, -0.15) is 0 Å². The Balaban J connectivity index is 1.89. The van der Waals surface area contributed by atoms with Crippen molar-refractivity contribution in [3.05, 3.63) is 24.3 Å². The van der Waals surface area contributed by atoms with Gasteiger partial charge < -0.3 is 15.4 Å². The SMILES string of the molecule is CCOc1ccccc1NC(=O)CC(C)C1CCCNC1. The summed E-state index contributed by atoms with van der Waals surface area (Å²) in [6, 6.07) is 7.59. The van der Waals surface area contributed by atoms with E-state index in [0.717, 1.165) is 24.5 Å². The molecule has 1 amide bonds. The number of amides is 1. The Morgan fingerprint density at radius 1 is 1.48 bits per heavy atom. The van der Waals surface area contributed by atoms with Crippen LogP contribution in [0.25, 0.3) is 0 Å². The highest BCUT2D eigenvalue weighted by Crippen LogP contribution is 2.26. The first kappa shape index (κ1) is 15.8. The highest BCUT2D eigenvalue weighted by molar-refractivity contribution is 5.92. The van der Waals surface area contributed by atoms with E-state index in [-0.39, 0.29) is 5.91 Å². The molecule has 2 atom stereocenters. The molecule has 4 nitrogen and oxygen atoms in total. The van der Waals surface area contributed by atoms with Crippen LogP contribution in [-0.2, 0) is 4.79 Å². The maximum Gasteiger partial charge on any atom is 0.224 e. The van der Waals surface area contributed by atoms with E-state index < -0.39 is 0 Å². The minimum absolute atomic E-state index is 0.0697. The van der Waals surface area contributed by atoms with Gasteiger partial charge in [-0.15, -0.1) is 0 Å². The third kappa shape index (κ3) is 4.74. The summed E-state index contributed by atoms with van der Waals surface area (Å²) in [6.07, 6.45) is 2.99. The number of carbonyl (C=O) groups excluding carboxylic acids is 1. The first-order valence-corrected chi connectivity index (χ1v) is 7.93. The summed E-state index contributed by atoms with van der Waals surface area (Å²) in [6.45, 7) is 6.85. The maximum absolute atomic E-state index is 12.2. The van der Waals surface area contributed by atoms with Crippen molar-refractivity contribution < 1.29 is 9.53 Å². The number of benzene rings is 1. The standard InChI is InChI=1S/C17H26N2O2/c1-3-21-16-9-5-4-8-15(16)19-17(20)11-13(2)14-7-6-10-18-12-14/h4-5,8-9,13-14,18H,3,6-7,10-12H2,1-2H3,(H,19,20). The second-order valence-electron chi connectivity index (χ2n) is 5.77. The maximum atomic E-state index is 12.2. The summed E-state index contributed by atoms with van der Waals surface area (Å²) in [5.41, 5.74) is 0.762. The molecule has 0 aliphatic carbocycles. The monoisotopic (exact) mass is 290 g/mol. The van der Waals surface area contributed by atoms with Gasteiger partial charge in [0.25, 0.3) is 0 Å². The molecule has 4 heteroatoms. The summed E-state index contributed by atoms with van der Waals surface area (Å²) >= 11 is 0. The quantitative estimate of drug-likeness (QED) is 0.846. The molecule has 2 unspecified atom stereocenters. The second-order valence-corrected chi connectivity index (χ2v) is 5.77. The molecule has 0 spiro atoms. The van der Waals surface area contributed by atoms with Crippen molar-refractivity contribution in [3.8, 4) is 5.75 Å². The molecule has 1 aliphatic heterocycles. The minimum Gasteiger partial charge on any atom is -0.492 e. The van der Waals surface area contributed by atoms with Gasteiger partial charge in [-0.1, -0.05) is 19.1 Å². The fourth-order valence-corrected chi connectivity index (χ4v) is 2.88. The van der Waals surface area contributed by atoms with Gasteiger partial charge in [0.05, 0.1) is 12.3 Å². The van der Waals surface area contributed by atoms with E-state index in [9.17, 15) is 4.79 Å². The number of ether oxygens (including phenoxy) is 1. The summed E-state index contributed by atoms with van der Waals surface area (Å²) in [5.74, 6) is 1.81. The van der Waals surface area contributed by atoms with Crippen molar-refractivity contribution in [2.45, 2.75) is 33.1 Å². The first-order valence-electron chi connectivity index (χ1n) is 7.93. The lowest BCUT2D eigenvalue weighted by molar-refractivity contribution is -0.117. The van der Waals surface area contributed by atoms with Crippen LogP contribution in [0.15, 0.2) is 24.3 Å². The molecule has 1 aromatic rings. The van der Waals surface area contributed by atoms with Gasteiger partial charge in [-0.25, -0.2) is 0 Å². The van der Waals surface area contributed by atoms with Gasteiger partial charge in [0.1, 0.15) is 5.75 Å². The van der Waals surface area contributed by atoms with Crippen molar-refractivity contribution in [2.75, 3.05) is 25.0 Å². The average molecular weight is 290 g/mol. The summed E-state index contributed by atoms with van der Waals surface area (Å²) in [7, 11) is 0. The smallest absolute Gasteiger partial charge is 0.224 e. The van der Waals surface area contributed by atoms with Crippen LogP contribution in [0.2, 0.25) is 0 Å². The minimum atomic E-state index is 0.0697. The van der Waals surface area contributed by atoms with Crippen molar-refractivity contribution in [1.29, 1.82) is 0 Å². The lowest BCUT2D eigenvalue weighted by Crippen LogP contribution is -2.34. The van der Waals surface area contributed by atoms with Crippen LogP contribution in [0.3, 0.4) is 0 Å². The highest BCUT2D eigenvalue weighted by atomic mass is 16.5. The predicted octanol–water partition coefficient (Wildman–Crippen LogP) is 3.05. The van der Waals surface area contributed by atoms with Crippen LogP contribution >= 0.6 is 0 Å². The van der Waals surface area contributed by atoms with Crippen molar-refractivity contribution in [3.63, 3.8) is 0 Å². The summed E-state index contributed by atoms with van der Waals surface area (Å²) in [4.78, 5) is 12.2. The third-order valence-corrected chi connectivity index (χ3v) is 4.11. The van der Waals surface area contributed by atoms with Gasteiger partial charge in [0.2, 0.25) is 5.91 Å². The van der Waals surface area contributed by atoms with Crippen LogP contribution in [0.5, 0.6) is 5.75 Å². The molecule has 116 valence electrons. The van der Waals surface area contributed by atoms with Gasteiger partial charge in [-0.05, 0) is 56.8 Å². The molecular weight excluding hydrogens is 264 g/mol. The number of hydrogen-bond donors (Lipinski definition) is 2. The van der Waals surface area contributed by atoms with Crippen molar-refractivity contribution in [2.24, 2.45) is 11.8 Å². The van der Waals surface area contributed by atoms with E-state index in [1.54, 1.807) is 0 Å². The molecule has 0 saturated carbocycles. The Bertz CT molecular complexity index is 456. The zero-order valence-corrected chi connectivity index (χ0v) is 13.0. The number of hydrogen-bond acceptors (Lipinski definition) is 3. The topological polar surface area (TPSA) is 50.4 Å². The fourth-order valence-electron chi connectivity index (χ4n) is 2.88. The number of nitrogens with one attached hydrogen (secondary N) is 2. The fraction of sp³-hybridized carbons (Fsp3) is 0.588.